The van der Waals surface area contributed by atoms with Gasteiger partial charge in [-0.15, -0.1) is 0 Å². The lowest BCUT2D eigenvalue weighted by atomic mass is 10.1. The third kappa shape index (κ3) is 4.75. The first kappa shape index (κ1) is 20.7. The highest BCUT2D eigenvalue weighted by Crippen LogP contribution is 2.34. The Labute approximate surface area is 170 Å². The summed E-state index contributed by atoms with van der Waals surface area (Å²) >= 11 is 15.6. The van der Waals surface area contributed by atoms with Crippen LogP contribution in [0.4, 0.5) is 0 Å². The molecule has 0 spiro atoms. The normalized spacial score (nSPS) is 10.4. The third-order valence-electron chi connectivity index (χ3n) is 3.70. The van der Waals surface area contributed by atoms with Crippen LogP contribution in [0.3, 0.4) is 0 Å². The van der Waals surface area contributed by atoms with Crippen LogP contribution in [0.15, 0.2) is 28.7 Å². The number of benzene rings is 2. The lowest BCUT2D eigenvalue weighted by Crippen LogP contribution is -2.25. The summed E-state index contributed by atoms with van der Waals surface area (Å²) in [7, 11) is 4.62. The number of rotatable bonds is 7. The van der Waals surface area contributed by atoms with Crippen LogP contribution >= 0.6 is 39.1 Å². The largest absolute Gasteiger partial charge is 0.494 e. The first-order valence-corrected chi connectivity index (χ1v) is 9.17. The number of amides is 1. The Bertz CT molecular complexity index is 791. The number of carbonyl (C=O) groups is 1. The van der Waals surface area contributed by atoms with E-state index in [1.54, 1.807) is 14.2 Å². The minimum absolute atomic E-state index is 0.270. The number of hydrogen-bond acceptors (Lipinski definition) is 4. The van der Waals surface area contributed by atoms with Crippen LogP contribution in [0.2, 0.25) is 10.0 Å². The second-order valence-corrected chi connectivity index (χ2v) is 6.95. The lowest BCUT2D eigenvalue weighted by molar-refractivity contribution is 0.0954. The molecular weight excluding hydrogens is 445 g/mol. The molecule has 0 bridgehead atoms. The van der Waals surface area contributed by atoms with E-state index >= 15 is 0 Å². The molecule has 0 radical (unpaired) electrons. The second kappa shape index (κ2) is 9.35. The Morgan fingerprint density at radius 2 is 1.58 bits per heavy atom. The van der Waals surface area contributed by atoms with E-state index in [4.69, 9.17) is 37.4 Å². The maximum Gasteiger partial charge on any atom is 0.251 e. The SMILES string of the molecule is COc1cc(Br)c(CCNC(=O)c2cc(Cl)c(OC)c(Cl)c2)cc1OC. The number of carbonyl (C=O) groups excluding carboxylic acids is 1. The monoisotopic (exact) mass is 461 g/mol. The molecule has 0 fully saturated rings. The van der Waals surface area contributed by atoms with Gasteiger partial charge < -0.3 is 19.5 Å². The molecule has 1 N–H and O–H groups in total. The molecule has 0 atom stereocenters. The fraction of sp³-hybridized carbons (Fsp3) is 0.278. The van der Waals surface area contributed by atoms with Gasteiger partial charge in [-0.05, 0) is 36.2 Å². The van der Waals surface area contributed by atoms with E-state index in [2.05, 4.69) is 21.2 Å². The number of methoxy groups -OCH3 is 3. The van der Waals surface area contributed by atoms with Crippen LogP contribution in [0, 0.1) is 0 Å². The third-order valence-corrected chi connectivity index (χ3v) is 5.00. The summed E-state index contributed by atoms with van der Waals surface area (Å²) < 4.78 is 16.5. The first-order chi connectivity index (χ1) is 12.4. The van der Waals surface area contributed by atoms with Crippen LogP contribution in [-0.4, -0.2) is 33.8 Å². The van der Waals surface area contributed by atoms with Crippen molar-refractivity contribution in [3.8, 4) is 17.2 Å². The van der Waals surface area contributed by atoms with Crippen molar-refractivity contribution >= 4 is 45.0 Å². The Hall–Kier alpha value is -1.63. The predicted molar refractivity (Wildman–Crippen MR) is 106 cm³/mol. The highest BCUT2D eigenvalue weighted by molar-refractivity contribution is 9.10. The molecule has 8 heteroatoms. The fourth-order valence-corrected chi connectivity index (χ4v) is 3.55. The molecule has 2 rings (SSSR count). The summed E-state index contributed by atoms with van der Waals surface area (Å²) in [5, 5.41) is 3.41. The molecule has 0 aliphatic carbocycles. The maximum absolute atomic E-state index is 12.3. The first-order valence-electron chi connectivity index (χ1n) is 7.62. The zero-order valence-electron chi connectivity index (χ0n) is 14.5. The van der Waals surface area contributed by atoms with Gasteiger partial charge in [0.2, 0.25) is 0 Å². The molecule has 0 aliphatic rings. The quantitative estimate of drug-likeness (QED) is 0.644. The fourth-order valence-electron chi connectivity index (χ4n) is 2.39. The van der Waals surface area contributed by atoms with Gasteiger partial charge in [-0.2, -0.15) is 0 Å². The van der Waals surface area contributed by atoms with E-state index in [1.807, 2.05) is 12.1 Å². The predicted octanol–water partition coefficient (Wildman–Crippen LogP) is 4.75. The molecule has 0 heterocycles. The van der Waals surface area contributed by atoms with Crippen LogP contribution in [0.1, 0.15) is 15.9 Å². The minimum atomic E-state index is -0.270. The van der Waals surface area contributed by atoms with E-state index in [0.717, 1.165) is 10.0 Å². The van der Waals surface area contributed by atoms with Crippen molar-refractivity contribution in [3.63, 3.8) is 0 Å². The molecule has 2 aromatic carbocycles. The summed E-state index contributed by atoms with van der Waals surface area (Å²) in [6, 6.07) is 6.75. The second-order valence-electron chi connectivity index (χ2n) is 5.28. The molecular formula is C18H18BrCl2NO4. The van der Waals surface area contributed by atoms with Crippen molar-refractivity contribution in [2.45, 2.75) is 6.42 Å². The van der Waals surface area contributed by atoms with Gasteiger partial charge in [0.25, 0.3) is 5.91 Å². The van der Waals surface area contributed by atoms with Crippen molar-refractivity contribution in [1.82, 2.24) is 5.32 Å². The topological polar surface area (TPSA) is 56.8 Å². The smallest absolute Gasteiger partial charge is 0.251 e. The van der Waals surface area contributed by atoms with Crippen LogP contribution in [-0.2, 0) is 6.42 Å². The molecule has 26 heavy (non-hydrogen) atoms. The Morgan fingerprint density at radius 1 is 1.00 bits per heavy atom. The van der Waals surface area contributed by atoms with E-state index < -0.39 is 0 Å². The van der Waals surface area contributed by atoms with Gasteiger partial charge >= 0.3 is 0 Å². The number of hydrogen-bond donors (Lipinski definition) is 1. The maximum atomic E-state index is 12.3. The van der Waals surface area contributed by atoms with Gasteiger partial charge in [0, 0.05) is 16.6 Å². The molecule has 1 amide bonds. The zero-order chi connectivity index (χ0) is 19.3. The summed E-state index contributed by atoms with van der Waals surface area (Å²) in [6.07, 6.45) is 0.601. The van der Waals surface area contributed by atoms with Gasteiger partial charge in [-0.1, -0.05) is 39.1 Å². The van der Waals surface area contributed by atoms with Crippen molar-refractivity contribution in [3.05, 3.63) is 49.9 Å². The van der Waals surface area contributed by atoms with Crippen LogP contribution < -0.4 is 19.5 Å². The van der Waals surface area contributed by atoms with Gasteiger partial charge in [0.15, 0.2) is 17.2 Å². The van der Waals surface area contributed by atoms with Crippen molar-refractivity contribution in [2.75, 3.05) is 27.9 Å². The van der Waals surface area contributed by atoms with Crippen molar-refractivity contribution in [2.24, 2.45) is 0 Å². The summed E-state index contributed by atoms with van der Waals surface area (Å²) in [6.45, 7) is 0.425. The molecule has 2 aromatic rings. The van der Waals surface area contributed by atoms with E-state index in [0.29, 0.717) is 35.8 Å². The number of halogens is 3. The number of ether oxygens (including phenoxy) is 3. The van der Waals surface area contributed by atoms with Gasteiger partial charge in [0.05, 0.1) is 31.4 Å². The van der Waals surface area contributed by atoms with E-state index in [1.165, 1.54) is 19.2 Å². The minimum Gasteiger partial charge on any atom is -0.494 e. The molecule has 0 aliphatic heterocycles. The molecule has 0 saturated heterocycles. The van der Waals surface area contributed by atoms with E-state index in [-0.39, 0.29) is 16.0 Å². The zero-order valence-corrected chi connectivity index (χ0v) is 17.6. The van der Waals surface area contributed by atoms with E-state index in [9.17, 15) is 4.79 Å². The average molecular weight is 463 g/mol. The van der Waals surface area contributed by atoms with Gasteiger partial charge in [0.1, 0.15) is 0 Å². The standard InChI is InChI=1S/C18H18BrCl2NO4/c1-24-15-8-10(12(19)9-16(15)25-2)4-5-22-18(23)11-6-13(20)17(26-3)14(21)7-11/h6-9H,4-5H2,1-3H3,(H,22,23). The van der Waals surface area contributed by atoms with Crippen LogP contribution in [0.5, 0.6) is 17.2 Å². The Balaban J connectivity index is 2.05. The van der Waals surface area contributed by atoms with Gasteiger partial charge in [-0.3, -0.25) is 4.79 Å². The summed E-state index contributed by atoms with van der Waals surface area (Å²) in [5.74, 6) is 1.34. The van der Waals surface area contributed by atoms with Crippen molar-refractivity contribution < 1.29 is 19.0 Å². The van der Waals surface area contributed by atoms with Crippen LogP contribution in [0.25, 0.3) is 0 Å². The molecule has 5 nitrogen and oxygen atoms in total. The Morgan fingerprint density at radius 3 is 2.12 bits per heavy atom. The highest BCUT2D eigenvalue weighted by Gasteiger charge is 2.14. The van der Waals surface area contributed by atoms with Gasteiger partial charge in [-0.25, -0.2) is 0 Å². The number of nitrogens with one attached hydrogen (secondary N) is 1. The molecule has 140 valence electrons. The lowest BCUT2D eigenvalue weighted by Gasteiger charge is -2.13. The highest BCUT2D eigenvalue weighted by atomic mass is 79.9. The summed E-state index contributed by atoms with van der Waals surface area (Å²) in [5.41, 5.74) is 1.35. The Kier molecular flexibility index (Phi) is 7.43. The molecule has 0 unspecified atom stereocenters. The summed E-state index contributed by atoms with van der Waals surface area (Å²) in [4.78, 5) is 12.3. The van der Waals surface area contributed by atoms with Crippen molar-refractivity contribution in [1.29, 1.82) is 0 Å². The molecule has 0 saturated carbocycles. The average Bonchev–Trinajstić information content (AvgIpc) is 2.62. The molecule has 0 aromatic heterocycles.